The van der Waals surface area contributed by atoms with E-state index >= 15 is 0 Å². The van der Waals surface area contributed by atoms with Gasteiger partial charge >= 0.3 is 0 Å². The molecule has 0 spiro atoms. The molecule has 20 heteroatoms. The van der Waals surface area contributed by atoms with Crippen LogP contribution in [0.25, 0.3) is 0 Å². The summed E-state index contributed by atoms with van der Waals surface area (Å²) in [5, 5.41) is 11.9. The SMILES string of the molecule is CC[C@H](C)[C@@H]1NC(=O)CCNC(=O)CSC[C@@H](C(=O)CN(C)[C@H](C=O)CCCN=C(N)N)NCC(=O)[C@H](CCCCNC(=O)CCOCCOCCCC(=O)CBr)CCC1=O. The van der Waals surface area contributed by atoms with Crippen LogP contribution >= 0.6 is 27.7 Å². The van der Waals surface area contributed by atoms with Gasteiger partial charge in [0, 0.05) is 63.6 Å². The monoisotopic (exact) mass is 946 g/mol. The number of ether oxygens (including phenoxy) is 2. The number of halogens is 1. The molecule has 3 amide bonds. The van der Waals surface area contributed by atoms with E-state index in [-0.39, 0.29) is 116 Å². The number of guanidine groups is 1. The molecule has 1 rings (SSSR count). The van der Waals surface area contributed by atoms with Crippen LogP contribution < -0.4 is 32.7 Å². The lowest BCUT2D eigenvalue weighted by molar-refractivity contribution is -0.130. The zero-order valence-corrected chi connectivity index (χ0v) is 38.8. The van der Waals surface area contributed by atoms with E-state index in [0.717, 1.165) is 6.29 Å². The number of nitrogens with two attached hydrogens (primary N) is 2. The summed E-state index contributed by atoms with van der Waals surface area (Å²) in [4.78, 5) is 108. The number of unbranched alkanes of at least 4 members (excludes halogenated alkanes) is 1. The third kappa shape index (κ3) is 26.7. The maximum Gasteiger partial charge on any atom is 0.230 e. The highest BCUT2D eigenvalue weighted by Gasteiger charge is 2.29. The number of carbonyl (C=O) groups excluding carboxylic acids is 8. The fraction of sp³-hybridized carbons (Fsp3) is 0.780. The number of alkyl halides is 1. The van der Waals surface area contributed by atoms with E-state index in [1.54, 1.807) is 11.9 Å². The van der Waals surface area contributed by atoms with Crippen molar-refractivity contribution in [2.24, 2.45) is 28.3 Å². The number of thioether (sulfide) groups is 1. The number of aliphatic imine (C=N–C) groups is 1. The van der Waals surface area contributed by atoms with Crippen molar-refractivity contribution in [2.75, 3.05) is 83.0 Å². The van der Waals surface area contributed by atoms with Crippen LogP contribution in [0.3, 0.4) is 0 Å². The molecular weight excluding hydrogens is 876 g/mol. The zero-order valence-electron chi connectivity index (χ0n) is 36.4. The molecule has 1 saturated heterocycles. The molecule has 1 aliphatic heterocycles. The highest BCUT2D eigenvalue weighted by molar-refractivity contribution is 9.09. The van der Waals surface area contributed by atoms with Crippen LogP contribution in [0.2, 0.25) is 0 Å². The van der Waals surface area contributed by atoms with Crippen molar-refractivity contribution in [1.29, 1.82) is 0 Å². The largest absolute Gasteiger partial charge is 0.379 e. The van der Waals surface area contributed by atoms with Gasteiger partial charge in [-0.2, -0.15) is 0 Å². The average Bonchev–Trinajstić information content (AvgIpc) is 3.22. The highest BCUT2D eigenvalue weighted by Crippen LogP contribution is 2.20. The fourth-order valence-electron chi connectivity index (χ4n) is 6.36. The predicted octanol–water partition coefficient (Wildman–Crippen LogP) is 0.839. The summed E-state index contributed by atoms with van der Waals surface area (Å²) in [5.41, 5.74) is 10.8. The number of nitrogens with zero attached hydrogens (tertiary/aromatic N) is 2. The lowest BCUT2D eigenvalue weighted by Crippen LogP contribution is -2.48. The number of hydrogen-bond acceptors (Lipinski definition) is 14. The van der Waals surface area contributed by atoms with Gasteiger partial charge in [-0.05, 0) is 51.5 Å². The summed E-state index contributed by atoms with van der Waals surface area (Å²) in [6.07, 6.45) is 5.53. The van der Waals surface area contributed by atoms with Gasteiger partial charge in [0.2, 0.25) is 17.7 Å². The molecule has 0 saturated carbocycles. The van der Waals surface area contributed by atoms with Crippen LogP contribution in [0.1, 0.15) is 90.9 Å². The molecule has 18 nitrogen and oxygen atoms in total. The Morgan fingerprint density at radius 3 is 2.43 bits per heavy atom. The summed E-state index contributed by atoms with van der Waals surface area (Å²) >= 11 is 4.34. The third-order valence-corrected chi connectivity index (χ3v) is 12.0. The molecular formula is C41H71BrN8O10S. The standard InChI is InChI=1S/C41H71BrN8O10S/c1-4-29(2)40-34(53)13-12-30(9-5-6-16-45-37(56)15-20-60-22-21-59-19-8-11-32(52)23-42)35(54)24-48-33(27-61-28-39(58)46-18-14-38(57)49-40)36(55)25-50(3)31(26-51)10-7-17-47-41(43)44/h26,29-31,33,40,48H,4-25,27-28H2,1-3H3,(H,45,56)(H,46,58)(H,49,57)(H4,43,44,47)/t29-,30+,31-,33-,40-/m0/s1. The molecule has 1 aliphatic rings. The van der Waals surface area contributed by atoms with E-state index in [1.807, 2.05) is 13.8 Å². The minimum Gasteiger partial charge on any atom is -0.379 e. The summed E-state index contributed by atoms with van der Waals surface area (Å²) in [6.45, 7) is 5.76. The molecule has 1 fully saturated rings. The van der Waals surface area contributed by atoms with Crippen molar-refractivity contribution in [2.45, 2.75) is 109 Å². The molecule has 61 heavy (non-hydrogen) atoms. The number of carbonyl (C=O) groups is 8. The average molecular weight is 948 g/mol. The summed E-state index contributed by atoms with van der Waals surface area (Å²) in [6, 6.07) is -2.14. The molecule has 5 atom stereocenters. The van der Waals surface area contributed by atoms with Crippen LogP contribution in [-0.2, 0) is 47.8 Å². The van der Waals surface area contributed by atoms with Gasteiger partial charge in [0.15, 0.2) is 17.5 Å². The molecule has 0 aromatic rings. The summed E-state index contributed by atoms with van der Waals surface area (Å²) < 4.78 is 10.9. The Labute approximate surface area is 373 Å². The second-order valence-corrected chi connectivity index (χ2v) is 16.9. The Bertz CT molecular complexity index is 1410. The van der Waals surface area contributed by atoms with Gasteiger partial charge in [0.05, 0.1) is 62.1 Å². The van der Waals surface area contributed by atoms with Gasteiger partial charge < -0.3 is 41.7 Å². The summed E-state index contributed by atoms with van der Waals surface area (Å²) in [7, 11) is 1.66. The van der Waals surface area contributed by atoms with Crippen LogP contribution in [-0.4, -0.2) is 159 Å². The van der Waals surface area contributed by atoms with Gasteiger partial charge in [0.25, 0.3) is 0 Å². The van der Waals surface area contributed by atoms with Crippen molar-refractivity contribution in [1.82, 2.24) is 26.2 Å². The first-order valence-corrected chi connectivity index (χ1v) is 23.7. The van der Waals surface area contributed by atoms with Crippen LogP contribution in [0.5, 0.6) is 0 Å². The van der Waals surface area contributed by atoms with E-state index in [4.69, 9.17) is 20.9 Å². The number of aldehydes is 1. The first-order valence-electron chi connectivity index (χ1n) is 21.4. The van der Waals surface area contributed by atoms with Crippen LogP contribution in [0.15, 0.2) is 4.99 Å². The number of hydrogen-bond donors (Lipinski definition) is 6. The molecule has 0 aromatic heterocycles. The molecule has 0 aliphatic carbocycles. The second kappa shape index (κ2) is 34.2. The Kier molecular flexibility index (Phi) is 31.3. The number of nitrogens with one attached hydrogen (secondary N) is 4. The molecule has 0 aromatic carbocycles. The molecule has 0 unspecified atom stereocenters. The Morgan fingerprint density at radius 2 is 1.74 bits per heavy atom. The number of ketones is 4. The number of rotatable bonds is 27. The third-order valence-electron chi connectivity index (χ3n) is 10.3. The maximum absolute atomic E-state index is 13.9. The molecule has 1 heterocycles. The minimum absolute atomic E-state index is 0.0106. The second-order valence-electron chi connectivity index (χ2n) is 15.3. The van der Waals surface area contributed by atoms with Gasteiger partial charge in [-0.1, -0.05) is 42.6 Å². The van der Waals surface area contributed by atoms with E-state index < -0.39 is 24.0 Å². The van der Waals surface area contributed by atoms with Crippen molar-refractivity contribution in [3.8, 4) is 0 Å². The topological polar surface area (TPSA) is 271 Å². The Balaban J connectivity index is 2.94. The van der Waals surface area contributed by atoms with Gasteiger partial charge in [-0.25, -0.2) is 0 Å². The molecule has 348 valence electrons. The number of amides is 3. The first-order chi connectivity index (χ1) is 29.2. The minimum atomic E-state index is -0.826. The van der Waals surface area contributed by atoms with Gasteiger partial charge in [0.1, 0.15) is 17.9 Å². The van der Waals surface area contributed by atoms with Gasteiger partial charge in [-0.15, -0.1) is 11.8 Å². The summed E-state index contributed by atoms with van der Waals surface area (Å²) in [5.74, 6) is -1.93. The van der Waals surface area contributed by atoms with Crippen molar-refractivity contribution in [3.63, 3.8) is 0 Å². The first kappa shape index (κ1) is 55.7. The van der Waals surface area contributed by atoms with Crippen molar-refractivity contribution < 1.29 is 47.8 Å². The lowest BCUT2D eigenvalue weighted by Gasteiger charge is -2.26. The number of likely N-dealkylation sites (N-methyl/N-ethyl adjacent to an activating group) is 1. The maximum atomic E-state index is 13.9. The highest BCUT2D eigenvalue weighted by atomic mass is 79.9. The van der Waals surface area contributed by atoms with E-state index in [2.05, 4.69) is 42.2 Å². The van der Waals surface area contributed by atoms with Crippen molar-refractivity contribution in [3.05, 3.63) is 0 Å². The van der Waals surface area contributed by atoms with E-state index in [9.17, 15) is 38.4 Å². The smallest absolute Gasteiger partial charge is 0.230 e. The zero-order chi connectivity index (χ0) is 45.4. The van der Waals surface area contributed by atoms with Crippen LogP contribution in [0, 0.1) is 11.8 Å². The van der Waals surface area contributed by atoms with Crippen molar-refractivity contribution >= 4 is 80.8 Å². The molecule has 0 radical (unpaired) electrons. The predicted molar refractivity (Wildman–Crippen MR) is 239 cm³/mol. The Hall–Kier alpha value is -3.30. The van der Waals surface area contributed by atoms with E-state index in [1.165, 1.54) is 11.8 Å². The van der Waals surface area contributed by atoms with E-state index in [0.29, 0.717) is 89.6 Å². The quantitative estimate of drug-likeness (QED) is 0.0219. The molecule has 0 bridgehead atoms. The van der Waals surface area contributed by atoms with Gasteiger partial charge in [-0.3, -0.25) is 48.8 Å². The number of Topliss-reactive ketones (excluding diaryl/α,β-unsaturated/α-hetero) is 4. The normalized spacial score (nSPS) is 19.8. The lowest BCUT2D eigenvalue weighted by atomic mass is 9.87. The fourth-order valence-corrected chi connectivity index (χ4v) is 7.59. The van der Waals surface area contributed by atoms with Crippen LogP contribution in [0.4, 0.5) is 0 Å². The molecule has 8 N–H and O–H groups in total. The Morgan fingerprint density at radius 1 is 1.00 bits per heavy atom.